The molecule has 0 N–H and O–H groups in total. The van der Waals surface area contributed by atoms with Crippen LogP contribution in [0, 0.1) is 11.8 Å². The Hall–Kier alpha value is -1.12. The molecule has 14 heavy (non-hydrogen) atoms. The minimum absolute atomic E-state index is 0.195. The molecule has 0 aromatic carbocycles. The van der Waals surface area contributed by atoms with Crippen LogP contribution in [0.1, 0.15) is 26.7 Å². The number of carbonyl (C=O) groups is 2. The highest BCUT2D eigenvalue weighted by molar-refractivity contribution is 5.90. The second-order valence-corrected chi connectivity index (χ2v) is 3.81. The molecule has 0 radical (unpaired) electrons. The Morgan fingerprint density at radius 1 is 1.71 bits per heavy atom. The average molecular weight is 196 g/mol. The van der Waals surface area contributed by atoms with Gasteiger partial charge in [0.1, 0.15) is 0 Å². The fraction of sp³-hybridized carbons (Fsp3) is 0.636. The predicted molar refractivity (Wildman–Crippen MR) is 52.7 cm³/mol. The molecule has 0 bridgehead atoms. The van der Waals surface area contributed by atoms with Crippen LogP contribution >= 0.6 is 0 Å². The highest BCUT2D eigenvalue weighted by atomic mass is 16.5. The van der Waals surface area contributed by atoms with E-state index in [4.69, 9.17) is 4.74 Å². The van der Waals surface area contributed by atoms with Gasteiger partial charge in [0.2, 0.25) is 0 Å². The van der Waals surface area contributed by atoms with E-state index in [0.717, 1.165) is 6.42 Å². The molecule has 2 atom stereocenters. The van der Waals surface area contributed by atoms with Crippen LogP contribution in [0.25, 0.3) is 0 Å². The number of ketones is 1. The Labute approximate surface area is 84.1 Å². The van der Waals surface area contributed by atoms with Crippen molar-refractivity contribution in [2.45, 2.75) is 26.7 Å². The molecule has 0 fully saturated rings. The Morgan fingerprint density at radius 3 is 2.93 bits per heavy atom. The lowest BCUT2D eigenvalue weighted by Gasteiger charge is -2.22. The van der Waals surface area contributed by atoms with Crippen molar-refractivity contribution in [3.05, 3.63) is 12.2 Å². The summed E-state index contributed by atoms with van der Waals surface area (Å²) in [7, 11) is 0. The molecule has 0 saturated carbocycles. The number of carbonyl (C=O) groups excluding carboxylic acids is 2. The highest BCUT2D eigenvalue weighted by Gasteiger charge is 2.19. The zero-order chi connectivity index (χ0) is 10.6. The molecule has 0 amide bonds. The third kappa shape index (κ3) is 3.32. The average Bonchev–Trinajstić information content (AvgIpc) is 2.15. The largest absolute Gasteiger partial charge is 0.466 e. The van der Waals surface area contributed by atoms with Crippen LogP contribution in [0.2, 0.25) is 0 Å². The van der Waals surface area contributed by atoms with Gasteiger partial charge in [-0.3, -0.25) is 9.59 Å². The molecule has 0 saturated heterocycles. The van der Waals surface area contributed by atoms with Gasteiger partial charge in [0.15, 0.2) is 5.78 Å². The number of esters is 1. The third-order valence-corrected chi connectivity index (χ3v) is 2.53. The number of rotatable bonds is 3. The Bertz CT molecular complexity index is 255. The van der Waals surface area contributed by atoms with Gasteiger partial charge >= 0.3 is 5.97 Å². The summed E-state index contributed by atoms with van der Waals surface area (Å²) in [5, 5.41) is 0. The number of ether oxygens (including phenoxy) is 1. The van der Waals surface area contributed by atoms with E-state index < -0.39 is 0 Å². The fourth-order valence-corrected chi connectivity index (χ4v) is 1.57. The van der Waals surface area contributed by atoms with Gasteiger partial charge in [-0.25, -0.2) is 0 Å². The van der Waals surface area contributed by atoms with Gasteiger partial charge in [-0.2, -0.15) is 0 Å². The first kappa shape index (κ1) is 11.0. The first-order valence-corrected chi connectivity index (χ1v) is 4.94. The summed E-state index contributed by atoms with van der Waals surface area (Å²) in [6, 6.07) is 0. The first-order chi connectivity index (χ1) is 6.59. The quantitative estimate of drug-likeness (QED) is 0.645. The van der Waals surface area contributed by atoms with Crippen LogP contribution in [0.5, 0.6) is 0 Å². The molecule has 0 aromatic rings. The van der Waals surface area contributed by atoms with Gasteiger partial charge in [-0.05, 0) is 24.3 Å². The maximum absolute atomic E-state index is 10.9. The molecule has 3 heteroatoms. The number of allylic oxidation sites excluding steroid dienone is 2. The molecule has 0 heterocycles. The van der Waals surface area contributed by atoms with Crippen molar-refractivity contribution < 1.29 is 14.3 Å². The summed E-state index contributed by atoms with van der Waals surface area (Å²) >= 11 is 0. The van der Waals surface area contributed by atoms with E-state index >= 15 is 0 Å². The summed E-state index contributed by atoms with van der Waals surface area (Å²) in [6.07, 6.45) is 5.06. The fourth-order valence-electron chi connectivity index (χ4n) is 1.57. The van der Waals surface area contributed by atoms with E-state index in [1.807, 2.05) is 13.0 Å². The highest BCUT2D eigenvalue weighted by Crippen LogP contribution is 2.23. The molecule has 2 unspecified atom stereocenters. The lowest BCUT2D eigenvalue weighted by molar-refractivity contribution is -0.142. The normalized spacial score (nSPS) is 23.3. The SMILES string of the molecule is CC(=O)OCC(C)C1C=CC(=O)CC1. The molecule has 1 rings (SSSR count). The Morgan fingerprint density at radius 2 is 2.43 bits per heavy atom. The second-order valence-electron chi connectivity index (χ2n) is 3.81. The first-order valence-electron chi connectivity index (χ1n) is 4.94. The van der Waals surface area contributed by atoms with Crippen LogP contribution in [-0.4, -0.2) is 18.4 Å². The van der Waals surface area contributed by atoms with Gasteiger partial charge in [0.05, 0.1) is 6.61 Å². The molecule has 78 valence electrons. The van der Waals surface area contributed by atoms with E-state index in [2.05, 4.69) is 0 Å². The van der Waals surface area contributed by atoms with Crippen molar-refractivity contribution in [1.29, 1.82) is 0 Å². The minimum atomic E-state index is -0.243. The summed E-state index contributed by atoms with van der Waals surface area (Å²) in [6.45, 7) is 3.89. The van der Waals surface area contributed by atoms with Crippen molar-refractivity contribution in [3.8, 4) is 0 Å². The van der Waals surface area contributed by atoms with Crippen LogP contribution < -0.4 is 0 Å². The molecular weight excluding hydrogens is 180 g/mol. The van der Waals surface area contributed by atoms with Crippen molar-refractivity contribution in [2.75, 3.05) is 6.61 Å². The summed E-state index contributed by atoms with van der Waals surface area (Å²) in [4.78, 5) is 21.5. The van der Waals surface area contributed by atoms with E-state index in [9.17, 15) is 9.59 Å². The van der Waals surface area contributed by atoms with Crippen LogP contribution in [0.15, 0.2) is 12.2 Å². The van der Waals surface area contributed by atoms with Gasteiger partial charge in [0.25, 0.3) is 0 Å². The zero-order valence-electron chi connectivity index (χ0n) is 8.66. The van der Waals surface area contributed by atoms with E-state index in [0.29, 0.717) is 24.9 Å². The molecule has 0 aromatic heterocycles. The van der Waals surface area contributed by atoms with Gasteiger partial charge in [-0.1, -0.05) is 13.0 Å². The molecular formula is C11H16O3. The van der Waals surface area contributed by atoms with Crippen molar-refractivity contribution in [1.82, 2.24) is 0 Å². The van der Waals surface area contributed by atoms with Gasteiger partial charge in [-0.15, -0.1) is 0 Å². The van der Waals surface area contributed by atoms with E-state index in [-0.39, 0.29) is 11.8 Å². The third-order valence-electron chi connectivity index (χ3n) is 2.53. The van der Waals surface area contributed by atoms with E-state index in [1.54, 1.807) is 6.08 Å². The zero-order valence-corrected chi connectivity index (χ0v) is 8.66. The minimum Gasteiger partial charge on any atom is -0.466 e. The molecule has 1 aliphatic rings. The maximum Gasteiger partial charge on any atom is 0.302 e. The predicted octanol–water partition coefficient (Wildman–Crippen LogP) is 1.72. The molecule has 1 aliphatic carbocycles. The molecule has 3 nitrogen and oxygen atoms in total. The van der Waals surface area contributed by atoms with Gasteiger partial charge < -0.3 is 4.74 Å². The Kier molecular flexibility index (Phi) is 3.86. The monoisotopic (exact) mass is 196 g/mol. The lowest BCUT2D eigenvalue weighted by Crippen LogP contribution is -2.20. The van der Waals surface area contributed by atoms with Crippen LogP contribution in [0.4, 0.5) is 0 Å². The Balaban J connectivity index is 2.37. The number of hydrogen-bond donors (Lipinski definition) is 0. The topological polar surface area (TPSA) is 43.4 Å². The molecule has 0 aliphatic heterocycles. The summed E-state index contributed by atoms with van der Waals surface area (Å²) in [5.74, 6) is 0.615. The van der Waals surface area contributed by atoms with Crippen molar-refractivity contribution >= 4 is 11.8 Å². The molecule has 0 spiro atoms. The van der Waals surface area contributed by atoms with Crippen LogP contribution in [0.3, 0.4) is 0 Å². The number of hydrogen-bond acceptors (Lipinski definition) is 3. The standard InChI is InChI=1S/C11H16O3/c1-8(7-14-9(2)12)10-3-5-11(13)6-4-10/h3,5,8,10H,4,6-7H2,1-2H3. The van der Waals surface area contributed by atoms with Crippen LogP contribution in [-0.2, 0) is 14.3 Å². The van der Waals surface area contributed by atoms with Crippen molar-refractivity contribution in [2.24, 2.45) is 11.8 Å². The lowest BCUT2D eigenvalue weighted by atomic mass is 9.86. The maximum atomic E-state index is 10.9. The smallest absolute Gasteiger partial charge is 0.302 e. The second kappa shape index (κ2) is 4.94. The summed E-state index contributed by atoms with van der Waals surface area (Å²) < 4.78 is 4.93. The van der Waals surface area contributed by atoms with E-state index in [1.165, 1.54) is 6.92 Å². The van der Waals surface area contributed by atoms with Gasteiger partial charge in [0, 0.05) is 13.3 Å². The summed E-state index contributed by atoms with van der Waals surface area (Å²) in [5.41, 5.74) is 0. The van der Waals surface area contributed by atoms with Crippen molar-refractivity contribution in [3.63, 3.8) is 0 Å².